The van der Waals surface area contributed by atoms with E-state index in [1.54, 1.807) is 14.2 Å². The average molecular weight is 354 g/mol. The molecule has 5 heteroatoms. The van der Waals surface area contributed by atoms with Gasteiger partial charge in [-0.2, -0.15) is 0 Å². The van der Waals surface area contributed by atoms with Gasteiger partial charge in [0.1, 0.15) is 27.5 Å². The van der Waals surface area contributed by atoms with Crippen molar-refractivity contribution < 1.29 is 13.9 Å². The number of ether oxygens (including phenoxy) is 2. The highest BCUT2D eigenvalue weighted by atomic mass is 79.9. The van der Waals surface area contributed by atoms with Gasteiger partial charge in [0.15, 0.2) is 0 Å². The van der Waals surface area contributed by atoms with E-state index in [1.165, 1.54) is 0 Å². The van der Waals surface area contributed by atoms with Crippen LogP contribution in [0.5, 0.6) is 11.5 Å². The molecular formula is C16H20BrNO3. The summed E-state index contributed by atoms with van der Waals surface area (Å²) >= 11 is 3.51. The lowest BCUT2D eigenvalue weighted by molar-refractivity contribution is 0.385. The summed E-state index contributed by atoms with van der Waals surface area (Å²) in [6.07, 6.45) is 0. The minimum Gasteiger partial charge on any atom is -0.495 e. The van der Waals surface area contributed by atoms with Crippen molar-refractivity contribution in [3.05, 3.63) is 44.8 Å². The molecule has 0 aliphatic carbocycles. The first-order valence-corrected chi connectivity index (χ1v) is 7.44. The highest BCUT2D eigenvalue weighted by Gasteiger charge is 2.24. The molecular weight excluding hydrogens is 334 g/mol. The topological polar surface area (TPSA) is 57.6 Å². The first kappa shape index (κ1) is 15.9. The van der Waals surface area contributed by atoms with E-state index in [1.807, 2.05) is 32.9 Å². The number of benzene rings is 1. The lowest BCUT2D eigenvalue weighted by atomic mass is 9.95. The second kappa shape index (κ2) is 6.12. The Labute approximate surface area is 133 Å². The maximum atomic E-state index is 6.47. The van der Waals surface area contributed by atoms with Crippen LogP contribution in [-0.2, 0) is 0 Å². The molecule has 0 fully saturated rings. The molecule has 0 radical (unpaired) electrons. The van der Waals surface area contributed by atoms with Gasteiger partial charge in [-0.05, 0) is 54.4 Å². The van der Waals surface area contributed by atoms with Crippen molar-refractivity contribution in [3.8, 4) is 11.5 Å². The van der Waals surface area contributed by atoms with Crippen LogP contribution in [0.15, 0.2) is 21.0 Å². The van der Waals surface area contributed by atoms with Gasteiger partial charge in [0.25, 0.3) is 0 Å². The van der Waals surface area contributed by atoms with Crippen LogP contribution in [0.3, 0.4) is 0 Å². The number of rotatable bonds is 4. The number of hydrogen-bond acceptors (Lipinski definition) is 4. The zero-order valence-electron chi connectivity index (χ0n) is 12.9. The van der Waals surface area contributed by atoms with Gasteiger partial charge in [-0.3, -0.25) is 0 Å². The molecule has 2 N–H and O–H groups in total. The van der Waals surface area contributed by atoms with Crippen molar-refractivity contribution in [1.29, 1.82) is 0 Å². The van der Waals surface area contributed by atoms with Crippen molar-refractivity contribution in [2.24, 2.45) is 5.73 Å². The molecule has 1 heterocycles. The third kappa shape index (κ3) is 2.68. The van der Waals surface area contributed by atoms with Crippen LogP contribution < -0.4 is 15.2 Å². The van der Waals surface area contributed by atoms with Crippen molar-refractivity contribution in [2.75, 3.05) is 14.2 Å². The number of nitrogens with two attached hydrogens (primary N) is 1. The van der Waals surface area contributed by atoms with Crippen molar-refractivity contribution in [2.45, 2.75) is 26.8 Å². The van der Waals surface area contributed by atoms with Crippen molar-refractivity contribution >= 4 is 15.9 Å². The number of methoxy groups -OCH3 is 2. The van der Waals surface area contributed by atoms with Crippen molar-refractivity contribution in [3.63, 3.8) is 0 Å². The monoisotopic (exact) mass is 353 g/mol. The summed E-state index contributed by atoms with van der Waals surface area (Å²) in [5.41, 5.74) is 9.43. The standard InChI is InChI=1S/C16H20BrNO3/c1-8-9(2)21-10(3)13(8)15(18)11-6-7-12(19-4)14(17)16(11)20-5/h6-7,15H,18H2,1-5H3. The third-order valence-corrected chi connectivity index (χ3v) is 4.53. The summed E-state index contributed by atoms with van der Waals surface area (Å²) in [7, 11) is 3.24. The van der Waals surface area contributed by atoms with Crippen LogP contribution in [0.2, 0.25) is 0 Å². The van der Waals surface area contributed by atoms with Crippen LogP contribution in [0, 0.1) is 20.8 Å². The fourth-order valence-corrected chi connectivity index (χ4v) is 3.27. The zero-order chi connectivity index (χ0) is 15.7. The molecule has 2 aromatic rings. The fourth-order valence-electron chi connectivity index (χ4n) is 2.59. The second-order valence-electron chi connectivity index (χ2n) is 4.94. The SMILES string of the molecule is COc1ccc(C(N)c2c(C)oc(C)c2C)c(OC)c1Br. The fraction of sp³-hybridized carbons (Fsp3) is 0.375. The Bertz CT molecular complexity index is 664. The molecule has 1 aromatic carbocycles. The molecule has 114 valence electrons. The highest BCUT2D eigenvalue weighted by molar-refractivity contribution is 9.10. The van der Waals surface area contributed by atoms with E-state index < -0.39 is 0 Å². The molecule has 0 amide bonds. The molecule has 4 nitrogen and oxygen atoms in total. The number of halogens is 1. The van der Waals surface area contributed by atoms with Gasteiger partial charge in [-0.1, -0.05) is 0 Å². The molecule has 0 aliphatic heterocycles. The summed E-state index contributed by atoms with van der Waals surface area (Å²) in [6.45, 7) is 5.89. The summed E-state index contributed by atoms with van der Waals surface area (Å²) in [4.78, 5) is 0. The van der Waals surface area contributed by atoms with Gasteiger partial charge in [-0.25, -0.2) is 0 Å². The summed E-state index contributed by atoms with van der Waals surface area (Å²) in [6, 6.07) is 3.48. The lowest BCUT2D eigenvalue weighted by Crippen LogP contribution is -2.15. The van der Waals surface area contributed by atoms with Gasteiger partial charge < -0.3 is 19.6 Å². The predicted molar refractivity (Wildman–Crippen MR) is 86.2 cm³/mol. The lowest BCUT2D eigenvalue weighted by Gasteiger charge is -2.19. The predicted octanol–water partition coefficient (Wildman–Crippen LogP) is 4.03. The molecule has 21 heavy (non-hydrogen) atoms. The molecule has 0 bridgehead atoms. The van der Waals surface area contributed by atoms with E-state index in [-0.39, 0.29) is 6.04 Å². The Morgan fingerprint density at radius 3 is 2.24 bits per heavy atom. The van der Waals surface area contributed by atoms with Crippen LogP contribution >= 0.6 is 15.9 Å². The Morgan fingerprint density at radius 2 is 1.76 bits per heavy atom. The maximum Gasteiger partial charge on any atom is 0.141 e. The Kier molecular flexibility index (Phi) is 4.64. The minimum absolute atomic E-state index is 0.320. The van der Waals surface area contributed by atoms with E-state index in [0.29, 0.717) is 11.5 Å². The maximum absolute atomic E-state index is 6.47. The van der Waals surface area contributed by atoms with Gasteiger partial charge >= 0.3 is 0 Å². The molecule has 2 rings (SSSR count). The quantitative estimate of drug-likeness (QED) is 0.901. The van der Waals surface area contributed by atoms with Crippen LogP contribution in [0.1, 0.15) is 34.3 Å². The Balaban J connectivity index is 2.58. The molecule has 1 unspecified atom stereocenters. The molecule has 0 saturated carbocycles. The largest absolute Gasteiger partial charge is 0.495 e. The zero-order valence-corrected chi connectivity index (χ0v) is 14.5. The van der Waals surface area contributed by atoms with E-state index in [2.05, 4.69) is 15.9 Å². The van der Waals surface area contributed by atoms with E-state index in [4.69, 9.17) is 19.6 Å². The first-order chi connectivity index (χ1) is 9.92. The van der Waals surface area contributed by atoms with Crippen molar-refractivity contribution in [1.82, 2.24) is 0 Å². The average Bonchev–Trinajstić information content (AvgIpc) is 2.71. The molecule has 0 aliphatic rings. The van der Waals surface area contributed by atoms with E-state index >= 15 is 0 Å². The number of furan rings is 1. The molecule has 1 aromatic heterocycles. The minimum atomic E-state index is -0.320. The van der Waals surface area contributed by atoms with Crippen LogP contribution in [0.25, 0.3) is 0 Å². The van der Waals surface area contributed by atoms with Crippen LogP contribution in [-0.4, -0.2) is 14.2 Å². The Hall–Kier alpha value is -1.46. The van der Waals surface area contributed by atoms with Gasteiger partial charge in [-0.15, -0.1) is 0 Å². The van der Waals surface area contributed by atoms with E-state index in [0.717, 1.165) is 32.7 Å². The van der Waals surface area contributed by atoms with Crippen LogP contribution in [0.4, 0.5) is 0 Å². The number of aryl methyl sites for hydroxylation is 2. The molecule has 0 saturated heterocycles. The van der Waals surface area contributed by atoms with Gasteiger partial charge in [0, 0.05) is 11.1 Å². The first-order valence-electron chi connectivity index (χ1n) is 6.64. The summed E-state index contributed by atoms with van der Waals surface area (Å²) in [5.74, 6) is 3.12. The van der Waals surface area contributed by atoms with Gasteiger partial charge in [0.2, 0.25) is 0 Å². The highest BCUT2D eigenvalue weighted by Crippen LogP contribution is 2.42. The van der Waals surface area contributed by atoms with E-state index in [9.17, 15) is 0 Å². The third-order valence-electron chi connectivity index (χ3n) is 3.78. The number of hydrogen-bond donors (Lipinski definition) is 1. The van der Waals surface area contributed by atoms with Gasteiger partial charge in [0.05, 0.1) is 20.3 Å². The molecule has 0 spiro atoms. The Morgan fingerprint density at radius 1 is 1.10 bits per heavy atom. The second-order valence-corrected chi connectivity index (χ2v) is 5.73. The normalized spacial score (nSPS) is 12.3. The summed E-state index contributed by atoms with van der Waals surface area (Å²) in [5, 5.41) is 0. The smallest absolute Gasteiger partial charge is 0.141 e. The molecule has 1 atom stereocenters. The summed E-state index contributed by atoms with van der Waals surface area (Å²) < 4.78 is 17.2.